The topological polar surface area (TPSA) is 81.0 Å². The molecule has 176 valence electrons. The SMILES string of the molecule is CCOc1ccc(-c2n[nH]c(=S)n2CCC(=O)N(C)Cc2cnn(Cc3ccccc3)c2)cc1. The summed E-state index contributed by atoms with van der Waals surface area (Å²) < 4.78 is 9.73. The summed E-state index contributed by atoms with van der Waals surface area (Å²) in [5.74, 6) is 1.53. The Morgan fingerprint density at radius 1 is 1.12 bits per heavy atom. The van der Waals surface area contributed by atoms with E-state index in [0.717, 1.165) is 16.9 Å². The van der Waals surface area contributed by atoms with E-state index < -0.39 is 0 Å². The van der Waals surface area contributed by atoms with Crippen LogP contribution < -0.4 is 4.74 Å². The maximum absolute atomic E-state index is 12.8. The number of amides is 1. The number of aromatic amines is 1. The minimum Gasteiger partial charge on any atom is -0.494 e. The lowest BCUT2D eigenvalue weighted by Crippen LogP contribution is -2.27. The first-order valence-electron chi connectivity index (χ1n) is 11.2. The Morgan fingerprint density at radius 2 is 1.88 bits per heavy atom. The molecule has 2 aromatic carbocycles. The van der Waals surface area contributed by atoms with E-state index in [9.17, 15) is 4.79 Å². The van der Waals surface area contributed by atoms with Crippen LogP contribution in [0.1, 0.15) is 24.5 Å². The van der Waals surface area contributed by atoms with E-state index in [2.05, 4.69) is 27.4 Å². The van der Waals surface area contributed by atoms with Gasteiger partial charge in [-0.25, -0.2) is 0 Å². The molecular formula is C25H28N6O2S. The number of ether oxygens (including phenoxy) is 1. The molecule has 2 heterocycles. The summed E-state index contributed by atoms with van der Waals surface area (Å²) >= 11 is 5.40. The van der Waals surface area contributed by atoms with Gasteiger partial charge in [-0.15, -0.1) is 0 Å². The predicted molar refractivity (Wildman–Crippen MR) is 133 cm³/mol. The monoisotopic (exact) mass is 476 g/mol. The molecule has 0 fully saturated rings. The van der Waals surface area contributed by atoms with Crippen molar-refractivity contribution in [1.82, 2.24) is 29.4 Å². The molecule has 8 nitrogen and oxygen atoms in total. The summed E-state index contributed by atoms with van der Waals surface area (Å²) in [7, 11) is 1.80. The highest BCUT2D eigenvalue weighted by Gasteiger charge is 2.14. The Kier molecular flexibility index (Phi) is 7.54. The third-order valence-electron chi connectivity index (χ3n) is 5.45. The van der Waals surface area contributed by atoms with Gasteiger partial charge in [0.05, 0.1) is 19.3 Å². The molecule has 0 aliphatic rings. The van der Waals surface area contributed by atoms with Crippen LogP contribution in [0.2, 0.25) is 0 Å². The quantitative estimate of drug-likeness (QED) is 0.345. The average molecular weight is 477 g/mol. The summed E-state index contributed by atoms with van der Waals surface area (Å²) in [6.07, 6.45) is 4.10. The van der Waals surface area contributed by atoms with Crippen molar-refractivity contribution in [3.8, 4) is 17.1 Å². The second-order valence-corrected chi connectivity index (χ2v) is 8.38. The maximum atomic E-state index is 12.8. The van der Waals surface area contributed by atoms with Crippen molar-refractivity contribution in [3.63, 3.8) is 0 Å². The van der Waals surface area contributed by atoms with Gasteiger partial charge in [-0.3, -0.25) is 19.1 Å². The van der Waals surface area contributed by atoms with Crippen LogP contribution in [0, 0.1) is 4.77 Å². The van der Waals surface area contributed by atoms with E-state index in [1.165, 1.54) is 5.56 Å². The molecule has 9 heteroatoms. The molecule has 1 N–H and O–H groups in total. The van der Waals surface area contributed by atoms with Crippen LogP contribution >= 0.6 is 12.2 Å². The minimum absolute atomic E-state index is 0.0246. The van der Waals surface area contributed by atoms with Crippen molar-refractivity contribution in [2.75, 3.05) is 13.7 Å². The third kappa shape index (κ3) is 5.79. The molecule has 2 aromatic heterocycles. The van der Waals surface area contributed by atoms with Gasteiger partial charge in [0.2, 0.25) is 5.91 Å². The maximum Gasteiger partial charge on any atom is 0.224 e. The number of rotatable bonds is 10. The first-order chi connectivity index (χ1) is 16.5. The fourth-order valence-corrected chi connectivity index (χ4v) is 3.94. The number of benzene rings is 2. The summed E-state index contributed by atoms with van der Waals surface area (Å²) in [5, 5.41) is 11.6. The van der Waals surface area contributed by atoms with E-state index in [-0.39, 0.29) is 5.91 Å². The molecule has 0 saturated carbocycles. The number of nitrogens with zero attached hydrogens (tertiary/aromatic N) is 5. The van der Waals surface area contributed by atoms with E-state index in [4.69, 9.17) is 17.0 Å². The van der Waals surface area contributed by atoms with Gasteiger partial charge in [0.25, 0.3) is 0 Å². The van der Waals surface area contributed by atoms with Crippen molar-refractivity contribution in [1.29, 1.82) is 0 Å². The lowest BCUT2D eigenvalue weighted by Gasteiger charge is -2.16. The number of hydrogen-bond donors (Lipinski definition) is 1. The van der Waals surface area contributed by atoms with Gasteiger partial charge >= 0.3 is 0 Å². The van der Waals surface area contributed by atoms with Crippen molar-refractivity contribution < 1.29 is 9.53 Å². The van der Waals surface area contributed by atoms with Crippen LogP contribution in [-0.4, -0.2) is 49.0 Å². The van der Waals surface area contributed by atoms with Crippen molar-refractivity contribution in [2.24, 2.45) is 0 Å². The summed E-state index contributed by atoms with van der Waals surface area (Å²) in [6.45, 7) is 4.20. The molecule has 0 bridgehead atoms. The Hall–Kier alpha value is -3.72. The molecule has 0 spiro atoms. The van der Waals surface area contributed by atoms with Crippen LogP contribution in [0.4, 0.5) is 0 Å². The first kappa shape index (κ1) is 23.4. The van der Waals surface area contributed by atoms with Crippen molar-refractivity contribution in [2.45, 2.75) is 33.0 Å². The summed E-state index contributed by atoms with van der Waals surface area (Å²) in [6, 6.07) is 17.8. The Balaban J connectivity index is 1.35. The van der Waals surface area contributed by atoms with E-state index in [0.29, 0.717) is 43.3 Å². The Bertz CT molecular complexity index is 1280. The number of carbonyl (C=O) groups excluding carboxylic acids is 1. The van der Waals surface area contributed by atoms with Crippen LogP contribution in [0.5, 0.6) is 5.75 Å². The summed E-state index contributed by atoms with van der Waals surface area (Å²) in [4.78, 5) is 14.5. The standard InChI is InChI=1S/C25H28N6O2S/c1-3-33-22-11-9-21(10-12-22)24-27-28-25(34)31(24)14-13-23(32)29(2)16-20-15-26-30(18-20)17-19-7-5-4-6-8-19/h4-12,15,18H,3,13-14,16-17H2,1-2H3,(H,28,34). The lowest BCUT2D eigenvalue weighted by atomic mass is 10.2. The van der Waals surface area contributed by atoms with Crippen molar-refractivity contribution >= 4 is 18.1 Å². The highest BCUT2D eigenvalue weighted by Crippen LogP contribution is 2.21. The first-order valence-corrected chi connectivity index (χ1v) is 11.6. The number of nitrogens with one attached hydrogen (secondary N) is 1. The molecule has 0 atom stereocenters. The number of carbonyl (C=O) groups is 1. The molecule has 0 aliphatic heterocycles. The van der Waals surface area contributed by atoms with Crippen LogP contribution in [-0.2, 0) is 24.4 Å². The van der Waals surface area contributed by atoms with Gasteiger partial charge in [-0.2, -0.15) is 10.2 Å². The second kappa shape index (κ2) is 10.9. The fourth-order valence-electron chi connectivity index (χ4n) is 3.72. The smallest absolute Gasteiger partial charge is 0.224 e. The molecule has 0 aliphatic carbocycles. The highest BCUT2D eigenvalue weighted by atomic mass is 32.1. The van der Waals surface area contributed by atoms with Gasteiger partial charge in [-0.1, -0.05) is 30.3 Å². The Labute approximate surface area is 203 Å². The molecule has 1 amide bonds. The number of aromatic nitrogens is 5. The molecule has 4 rings (SSSR count). The van der Waals surface area contributed by atoms with Crippen LogP contribution in [0.3, 0.4) is 0 Å². The molecule has 4 aromatic rings. The van der Waals surface area contributed by atoms with Gasteiger partial charge in [0, 0.05) is 43.9 Å². The Morgan fingerprint density at radius 3 is 2.62 bits per heavy atom. The van der Waals surface area contributed by atoms with Crippen LogP contribution in [0.15, 0.2) is 67.0 Å². The van der Waals surface area contributed by atoms with Gasteiger partial charge < -0.3 is 9.64 Å². The average Bonchev–Trinajstić information content (AvgIpc) is 3.44. The zero-order chi connectivity index (χ0) is 23.9. The summed E-state index contributed by atoms with van der Waals surface area (Å²) in [5.41, 5.74) is 3.07. The largest absolute Gasteiger partial charge is 0.494 e. The zero-order valence-electron chi connectivity index (χ0n) is 19.3. The third-order valence-corrected chi connectivity index (χ3v) is 5.76. The number of H-pyrrole nitrogens is 1. The van der Waals surface area contributed by atoms with Gasteiger partial charge in [-0.05, 0) is 49.0 Å². The van der Waals surface area contributed by atoms with Crippen molar-refractivity contribution in [3.05, 3.63) is 82.9 Å². The minimum atomic E-state index is 0.0246. The normalized spacial score (nSPS) is 10.9. The molecule has 0 radical (unpaired) electrons. The van der Waals surface area contributed by atoms with Gasteiger partial charge in [0.1, 0.15) is 5.75 Å². The molecule has 0 saturated heterocycles. The van der Waals surface area contributed by atoms with Gasteiger partial charge in [0.15, 0.2) is 10.6 Å². The molecule has 0 unspecified atom stereocenters. The van der Waals surface area contributed by atoms with Crippen LogP contribution in [0.25, 0.3) is 11.4 Å². The zero-order valence-corrected chi connectivity index (χ0v) is 20.2. The lowest BCUT2D eigenvalue weighted by molar-refractivity contribution is -0.130. The van der Waals surface area contributed by atoms with E-state index in [1.54, 1.807) is 11.9 Å². The highest BCUT2D eigenvalue weighted by molar-refractivity contribution is 7.71. The fraction of sp³-hybridized carbons (Fsp3) is 0.280. The van der Waals surface area contributed by atoms with E-state index in [1.807, 2.05) is 71.0 Å². The van der Waals surface area contributed by atoms with E-state index >= 15 is 0 Å². The predicted octanol–water partition coefficient (Wildman–Crippen LogP) is 4.30. The molecule has 34 heavy (non-hydrogen) atoms. The second-order valence-electron chi connectivity index (χ2n) is 7.99. The molecular weight excluding hydrogens is 448 g/mol. The number of hydrogen-bond acceptors (Lipinski definition) is 5.